The van der Waals surface area contributed by atoms with Gasteiger partial charge in [0.1, 0.15) is 9.84 Å². The average Bonchev–Trinajstić information content (AvgIpc) is 2.01. The molecule has 0 radical (unpaired) electrons. The van der Waals surface area contributed by atoms with Crippen molar-refractivity contribution in [3.8, 4) is 0 Å². The number of unbranched alkanes of at least 4 members (excludes halogenated alkanes) is 1. The Labute approximate surface area is 91.2 Å². The van der Waals surface area contributed by atoms with Crippen LogP contribution in [-0.4, -0.2) is 47.7 Å². The van der Waals surface area contributed by atoms with E-state index in [0.717, 1.165) is 6.26 Å². The van der Waals surface area contributed by atoms with E-state index < -0.39 is 19.9 Å². The van der Waals surface area contributed by atoms with E-state index in [1.165, 1.54) is 0 Å². The number of nitrogens with two attached hydrogens (primary N) is 1. The lowest BCUT2D eigenvalue weighted by Crippen LogP contribution is -2.31. The number of sulfone groups is 1. The number of rotatable bonds is 8. The van der Waals surface area contributed by atoms with E-state index in [2.05, 4.69) is 4.72 Å². The van der Waals surface area contributed by atoms with E-state index in [-0.39, 0.29) is 18.1 Å². The van der Waals surface area contributed by atoms with Crippen molar-refractivity contribution in [2.75, 3.05) is 30.9 Å². The summed E-state index contributed by atoms with van der Waals surface area (Å²) in [6.07, 6.45) is 2.20. The van der Waals surface area contributed by atoms with E-state index in [9.17, 15) is 16.8 Å². The van der Waals surface area contributed by atoms with Gasteiger partial charge >= 0.3 is 0 Å². The minimum atomic E-state index is -3.35. The van der Waals surface area contributed by atoms with Crippen LogP contribution in [0.5, 0.6) is 0 Å². The SMILES string of the molecule is CS(=O)(=O)CCNS(=O)(=O)CCCCN. The lowest BCUT2D eigenvalue weighted by Gasteiger charge is -2.05. The third kappa shape index (κ3) is 10.1. The minimum Gasteiger partial charge on any atom is -0.330 e. The van der Waals surface area contributed by atoms with Gasteiger partial charge in [0.05, 0.1) is 11.5 Å². The van der Waals surface area contributed by atoms with Gasteiger partial charge in [-0.2, -0.15) is 0 Å². The van der Waals surface area contributed by atoms with E-state index in [1.54, 1.807) is 0 Å². The van der Waals surface area contributed by atoms with Gasteiger partial charge in [0.2, 0.25) is 10.0 Å². The maximum atomic E-state index is 11.2. The van der Waals surface area contributed by atoms with E-state index >= 15 is 0 Å². The summed E-state index contributed by atoms with van der Waals surface area (Å²) in [5.41, 5.74) is 5.22. The van der Waals surface area contributed by atoms with Gasteiger partial charge < -0.3 is 5.73 Å². The molecule has 0 fully saturated rings. The molecule has 92 valence electrons. The highest BCUT2D eigenvalue weighted by Gasteiger charge is 2.10. The molecule has 8 heteroatoms. The van der Waals surface area contributed by atoms with Crippen molar-refractivity contribution in [1.29, 1.82) is 0 Å². The zero-order chi connectivity index (χ0) is 11.9. The molecule has 0 saturated carbocycles. The van der Waals surface area contributed by atoms with Crippen LogP contribution in [0.4, 0.5) is 0 Å². The maximum absolute atomic E-state index is 11.2. The first-order chi connectivity index (χ1) is 6.77. The van der Waals surface area contributed by atoms with Crippen molar-refractivity contribution in [2.45, 2.75) is 12.8 Å². The van der Waals surface area contributed by atoms with Crippen LogP contribution in [0.25, 0.3) is 0 Å². The van der Waals surface area contributed by atoms with Crippen LogP contribution in [0.1, 0.15) is 12.8 Å². The standard InChI is InChI=1S/C7H18N2O4S2/c1-14(10,11)7-5-9-15(12,13)6-3-2-4-8/h9H,2-8H2,1H3. The molecule has 0 amide bonds. The summed E-state index contributed by atoms with van der Waals surface area (Å²) in [6.45, 7) is 0.392. The summed E-state index contributed by atoms with van der Waals surface area (Å²) in [7, 11) is -6.46. The highest BCUT2D eigenvalue weighted by molar-refractivity contribution is 7.91. The van der Waals surface area contributed by atoms with Crippen molar-refractivity contribution in [2.24, 2.45) is 5.73 Å². The van der Waals surface area contributed by atoms with Crippen LogP contribution in [0, 0.1) is 0 Å². The van der Waals surface area contributed by atoms with Crippen LogP contribution in [0.15, 0.2) is 0 Å². The van der Waals surface area contributed by atoms with Crippen LogP contribution in [-0.2, 0) is 19.9 Å². The first-order valence-electron chi connectivity index (χ1n) is 4.62. The number of nitrogens with one attached hydrogen (secondary N) is 1. The molecule has 0 atom stereocenters. The fourth-order valence-corrected chi connectivity index (χ4v) is 2.63. The van der Waals surface area contributed by atoms with Gasteiger partial charge in [0, 0.05) is 12.8 Å². The van der Waals surface area contributed by atoms with Gasteiger partial charge in [-0.15, -0.1) is 0 Å². The number of hydrogen-bond acceptors (Lipinski definition) is 5. The fourth-order valence-electron chi connectivity index (χ4n) is 0.891. The molecule has 0 aromatic carbocycles. The second-order valence-electron chi connectivity index (χ2n) is 3.34. The highest BCUT2D eigenvalue weighted by atomic mass is 32.2. The minimum absolute atomic E-state index is 0.00599. The Hall–Kier alpha value is -0.180. The van der Waals surface area contributed by atoms with E-state index in [0.29, 0.717) is 19.4 Å². The molecule has 0 aliphatic carbocycles. The third-order valence-corrected chi connectivity index (χ3v) is 4.08. The molecule has 0 aliphatic rings. The molecule has 0 heterocycles. The van der Waals surface area contributed by atoms with Crippen molar-refractivity contribution >= 4 is 19.9 Å². The van der Waals surface area contributed by atoms with Gasteiger partial charge in [-0.25, -0.2) is 21.6 Å². The second-order valence-corrected chi connectivity index (χ2v) is 7.53. The first kappa shape index (κ1) is 14.8. The van der Waals surface area contributed by atoms with Gasteiger partial charge in [0.15, 0.2) is 0 Å². The zero-order valence-electron chi connectivity index (χ0n) is 8.77. The number of hydrogen-bond donors (Lipinski definition) is 2. The molecule has 15 heavy (non-hydrogen) atoms. The highest BCUT2D eigenvalue weighted by Crippen LogP contribution is 1.93. The molecule has 3 N–H and O–H groups in total. The molecule has 0 spiro atoms. The Morgan fingerprint density at radius 3 is 2.13 bits per heavy atom. The monoisotopic (exact) mass is 258 g/mol. The van der Waals surface area contributed by atoms with Crippen molar-refractivity contribution in [3.05, 3.63) is 0 Å². The molecular weight excluding hydrogens is 240 g/mol. The Morgan fingerprint density at radius 1 is 1.07 bits per heavy atom. The van der Waals surface area contributed by atoms with Crippen LogP contribution in [0.3, 0.4) is 0 Å². The first-order valence-corrected chi connectivity index (χ1v) is 8.33. The molecular formula is C7H18N2O4S2. The summed E-state index contributed by atoms with van der Waals surface area (Å²) < 4.78 is 46.2. The molecule has 0 aromatic heterocycles. The van der Waals surface area contributed by atoms with Gasteiger partial charge in [-0.05, 0) is 19.4 Å². The molecule has 0 saturated heterocycles. The largest absolute Gasteiger partial charge is 0.330 e. The molecule has 0 aromatic rings. The van der Waals surface area contributed by atoms with Gasteiger partial charge in [-0.3, -0.25) is 0 Å². The second kappa shape index (κ2) is 6.41. The smallest absolute Gasteiger partial charge is 0.211 e. The Kier molecular flexibility index (Phi) is 6.34. The van der Waals surface area contributed by atoms with Gasteiger partial charge in [-0.1, -0.05) is 0 Å². The van der Waals surface area contributed by atoms with Crippen molar-refractivity contribution in [1.82, 2.24) is 4.72 Å². The van der Waals surface area contributed by atoms with Crippen LogP contribution >= 0.6 is 0 Å². The number of sulfonamides is 1. The Balaban J connectivity index is 3.85. The van der Waals surface area contributed by atoms with E-state index in [4.69, 9.17) is 5.73 Å². The molecule has 0 rings (SSSR count). The summed E-state index contributed by atoms with van der Waals surface area (Å²) >= 11 is 0. The summed E-state index contributed by atoms with van der Waals surface area (Å²) in [5.74, 6) is -0.183. The Morgan fingerprint density at radius 2 is 1.67 bits per heavy atom. The van der Waals surface area contributed by atoms with Gasteiger partial charge in [0.25, 0.3) is 0 Å². The predicted octanol–water partition coefficient (Wildman–Crippen LogP) is -1.31. The zero-order valence-corrected chi connectivity index (χ0v) is 10.4. The third-order valence-electron chi connectivity index (χ3n) is 1.66. The lowest BCUT2D eigenvalue weighted by atomic mass is 10.3. The Bertz CT molecular complexity index is 360. The fraction of sp³-hybridized carbons (Fsp3) is 1.00. The molecule has 6 nitrogen and oxygen atoms in total. The predicted molar refractivity (Wildman–Crippen MR) is 59.8 cm³/mol. The summed E-state index contributed by atoms with van der Waals surface area (Å²) in [4.78, 5) is 0. The van der Waals surface area contributed by atoms with Crippen LogP contribution in [0.2, 0.25) is 0 Å². The topological polar surface area (TPSA) is 106 Å². The summed E-state index contributed by atoms with van der Waals surface area (Å²) in [6, 6.07) is 0. The summed E-state index contributed by atoms with van der Waals surface area (Å²) in [5, 5.41) is 0. The molecule has 0 unspecified atom stereocenters. The normalized spacial score (nSPS) is 12.9. The van der Waals surface area contributed by atoms with Crippen molar-refractivity contribution in [3.63, 3.8) is 0 Å². The van der Waals surface area contributed by atoms with Crippen LogP contribution < -0.4 is 10.5 Å². The lowest BCUT2D eigenvalue weighted by molar-refractivity contribution is 0.578. The maximum Gasteiger partial charge on any atom is 0.211 e. The average molecular weight is 258 g/mol. The molecule has 0 aliphatic heterocycles. The molecule has 0 bridgehead atoms. The van der Waals surface area contributed by atoms with Crippen molar-refractivity contribution < 1.29 is 16.8 Å². The van der Waals surface area contributed by atoms with E-state index in [1.807, 2.05) is 0 Å². The quantitative estimate of drug-likeness (QED) is 0.526.